The highest BCUT2D eigenvalue weighted by Gasteiger charge is 2.27. The van der Waals surface area contributed by atoms with Crippen molar-refractivity contribution in [3.8, 4) is 0 Å². The van der Waals surface area contributed by atoms with Crippen LogP contribution in [0.2, 0.25) is 15.1 Å². The van der Waals surface area contributed by atoms with Crippen LogP contribution in [0, 0.1) is 6.92 Å². The molecule has 5 nitrogen and oxygen atoms in total. The second-order valence-electron chi connectivity index (χ2n) is 6.48. The van der Waals surface area contributed by atoms with Gasteiger partial charge in [-0.1, -0.05) is 46.9 Å². The van der Waals surface area contributed by atoms with Crippen LogP contribution < -0.4 is 9.62 Å². The van der Waals surface area contributed by atoms with Crippen LogP contribution in [-0.2, 0) is 14.8 Å². The summed E-state index contributed by atoms with van der Waals surface area (Å²) < 4.78 is 27.7. The van der Waals surface area contributed by atoms with E-state index in [1.807, 2.05) is 13.0 Å². The van der Waals surface area contributed by atoms with Gasteiger partial charge in [0.2, 0.25) is 5.91 Å². The van der Waals surface area contributed by atoms with Crippen LogP contribution in [0.15, 0.2) is 71.6 Å². The van der Waals surface area contributed by atoms with Crippen LogP contribution in [0.4, 0.5) is 11.4 Å². The molecular formula is C21H17Cl3N2O3S. The Kier molecular flexibility index (Phi) is 6.93. The molecule has 0 saturated heterocycles. The third-order valence-electron chi connectivity index (χ3n) is 4.18. The minimum Gasteiger partial charge on any atom is -0.324 e. The van der Waals surface area contributed by atoms with Crippen molar-refractivity contribution in [3.05, 3.63) is 87.4 Å². The number of halogens is 3. The van der Waals surface area contributed by atoms with Gasteiger partial charge < -0.3 is 5.32 Å². The maximum atomic E-state index is 13.3. The third-order valence-corrected chi connectivity index (χ3v) is 6.96. The number of anilines is 2. The highest BCUT2D eigenvalue weighted by molar-refractivity contribution is 7.92. The van der Waals surface area contributed by atoms with Crippen LogP contribution in [0.1, 0.15) is 5.56 Å². The van der Waals surface area contributed by atoms with E-state index in [1.54, 1.807) is 30.3 Å². The number of amides is 1. The van der Waals surface area contributed by atoms with Gasteiger partial charge in [0.15, 0.2) is 0 Å². The molecule has 0 aliphatic heterocycles. The number of rotatable bonds is 6. The standard InChI is InChI=1S/C21H17Cl3N2O3S/c1-14-3-2-4-17(11-14)26(30(28,29)18-8-5-15(22)6-9-18)13-21(27)25-16-7-10-19(23)20(24)12-16/h2-12H,13H2,1H3,(H,25,27). The lowest BCUT2D eigenvalue weighted by Gasteiger charge is -2.24. The fourth-order valence-corrected chi connectivity index (χ4v) is 4.57. The highest BCUT2D eigenvalue weighted by Crippen LogP contribution is 2.27. The van der Waals surface area contributed by atoms with Crippen LogP contribution >= 0.6 is 34.8 Å². The lowest BCUT2D eigenvalue weighted by atomic mass is 10.2. The van der Waals surface area contributed by atoms with Crippen molar-refractivity contribution in [1.29, 1.82) is 0 Å². The summed E-state index contributed by atoms with van der Waals surface area (Å²) in [5, 5.41) is 3.68. The molecule has 0 atom stereocenters. The van der Waals surface area contributed by atoms with E-state index in [0.29, 0.717) is 21.4 Å². The molecule has 0 fully saturated rings. The maximum absolute atomic E-state index is 13.3. The summed E-state index contributed by atoms with van der Waals surface area (Å²) in [4.78, 5) is 12.7. The molecule has 0 aliphatic carbocycles. The van der Waals surface area contributed by atoms with E-state index >= 15 is 0 Å². The summed E-state index contributed by atoms with van der Waals surface area (Å²) in [6.07, 6.45) is 0. The predicted octanol–water partition coefficient (Wildman–Crippen LogP) is 5.79. The van der Waals surface area contributed by atoms with Gasteiger partial charge in [-0.15, -0.1) is 0 Å². The normalized spacial score (nSPS) is 11.2. The van der Waals surface area contributed by atoms with Crippen molar-refractivity contribution in [2.24, 2.45) is 0 Å². The number of hydrogen-bond acceptors (Lipinski definition) is 3. The average Bonchev–Trinajstić information content (AvgIpc) is 2.69. The molecule has 1 N–H and O–H groups in total. The van der Waals surface area contributed by atoms with E-state index in [1.165, 1.54) is 30.3 Å². The molecule has 3 aromatic carbocycles. The summed E-state index contributed by atoms with van der Waals surface area (Å²) >= 11 is 17.8. The fraction of sp³-hybridized carbons (Fsp3) is 0.0952. The predicted molar refractivity (Wildman–Crippen MR) is 122 cm³/mol. The Morgan fingerprint density at radius 1 is 0.933 bits per heavy atom. The molecule has 3 rings (SSSR count). The molecule has 9 heteroatoms. The first kappa shape index (κ1) is 22.4. The number of carbonyl (C=O) groups is 1. The molecule has 30 heavy (non-hydrogen) atoms. The van der Waals surface area contributed by atoms with Gasteiger partial charge in [0.25, 0.3) is 10.0 Å². The van der Waals surface area contributed by atoms with Gasteiger partial charge in [0, 0.05) is 10.7 Å². The molecule has 3 aromatic rings. The highest BCUT2D eigenvalue weighted by atomic mass is 35.5. The molecule has 0 aliphatic rings. The van der Waals surface area contributed by atoms with Gasteiger partial charge in [-0.3, -0.25) is 9.10 Å². The van der Waals surface area contributed by atoms with Gasteiger partial charge in [-0.05, 0) is 67.1 Å². The quantitative estimate of drug-likeness (QED) is 0.482. The van der Waals surface area contributed by atoms with Gasteiger partial charge >= 0.3 is 0 Å². The van der Waals surface area contributed by atoms with Crippen molar-refractivity contribution in [2.75, 3.05) is 16.2 Å². The Hall–Kier alpha value is -2.25. The Labute approximate surface area is 190 Å². The van der Waals surface area contributed by atoms with Gasteiger partial charge in [-0.2, -0.15) is 0 Å². The zero-order chi connectivity index (χ0) is 21.9. The Bertz CT molecular complexity index is 1180. The second kappa shape index (κ2) is 9.27. The zero-order valence-electron chi connectivity index (χ0n) is 15.8. The molecule has 0 unspecified atom stereocenters. The largest absolute Gasteiger partial charge is 0.324 e. The van der Waals surface area contributed by atoms with Crippen LogP contribution in [0.5, 0.6) is 0 Å². The number of sulfonamides is 1. The lowest BCUT2D eigenvalue weighted by Crippen LogP contribution is -2.38. The summed E-state index contributed by atoms with van der Waals surface area (Å²) in [6, 6.07) is 17.3. The molecular weight excluding hydrogens is 467 g/mol. The molecule has 0 heterocycles. The number of aryl methyl sites for hydroxylation is 1. The first-order chi connectivity index (χ1) is 14.2. The summed E-state index contributed by atoms with van der Waals surface area (Å²) in [6.45, 7) is 1.40. The Morgan fingerprint density at radius 2 is 1.63 bits per heavy atom. The Morgan fingerprint density at radius 3 is 2.27 bits per heavy atom. The number of nitrogens with zero attached hydrogens (tertiary/aromatic N) is 1. The molecule has 0 saturated carbocycles. The molecule has 0 radical (unpaired) electrons. The van der Waals surface area contributed by atoms with Crippen molar-refractivity contribution in [1.82, 2.24) is 0 Å². The van der Waals surface area contributed by atoms with Crippen molar-refractivity contribution >= 4 is 62.1 Å². The first-order valence-corrected chi connectivity index (χ1v) is 11.3. The van der Waals surface area contributed by atoms with Crippen LogP contribution in [0.25, 0.3) is 0 Å². The Balaban J connectivity index is 1.94. The number of nitrogens with one attached hydrogen (secondary N) is 1. The monoisotopic (exact) mass is 482 g/mol. The second-order valence-corrected chi connectivity index (χ2v) is 9.59. The smallest absolute Gasteiger partial charge is 0.264 e. The molecule has 0 bridgehead atoms. The van der Waals surface area contributed by atoms with E-state index in [4.69, 9.17) is 34.8 Å². The zero-order valence-corrected chi connectivity index (χ0v) is 18.9. The van der Waals surface area contributed by atoms with E-state index in [-0.39, 0.29) is 9.92 Å². The van der Waals surface area contributed by atoms with Crippen LogP contribution in [0.3, 0.4) is 0 Å². The first-order valence-electron chi connectivity index (χ1n) is 8.77. The summed E-state index contributed by atoms with van der Waals surface area (Å²) in [5.74, 6) is -0.535. The topological polar surface area (TPSA) is 66.5 Å². The summed E-state index contributed by atoms with van der Waals surface area (Å²) in [5.41, 5.74) is 1.63. The van der Waals surface area contributed by atoms with Gasteiger partial charge in [-0.25, -0.2) is 8.42 Å². The SMILES string of the molecule is Cc1cccc(N(CC(=O)Nc2ccc(Cl)c(Cl)c2)S(=O)(=O)c2ccc(Cl)cc2)c1. The molecule has 156 valence electrons. The summed E-state index contributed by atoms with van der Waals surface area (Å²) in [7, 11) is -4.02. The fourth-order valence-electron chi connectivity index (χ4n) is 2.74. The van der Waals surface area contributed by atoms with Crippen molar-refractivity contribution in [3.63, 3.8) is 0 Å². The van der Waals surface area contributed by atoms with E-state index < -0.39 is 22.5 Å². The van der Waals surface area contributed by atoms with Crippen molar-refractivity contribution in [2.45, 2.75) is 11.8 Å². The lowest BCUT2D eigenvalue weighted by molar-refractivity contribution is -0.114. The van der Waals surface area contributed by atoms with E-state index in [0.717, 1.165) is 9.87 Å². The van der Waals surface area contributed by atoms with Crippen molar-refractivity contribution < 1.29 is 13.2 Å². The van der Waals surface area contributed by atoms with Gasteiger partial charge in [0.05, 0.1) is 20.6 Å². The van der Waals surface area contributed by atoms with E-state index in [9.17, 15) is 13.2 Å². The average molecular weight is 484 g/mol. The maximum Gasteiger partial charge on any atom is 0.264 e. The number of hydrogen-bond donors (Lipinski definition) is 1. The van der Waals surface area contributed by atoms with Gasteiger partial charge in [0.1, 0.15) is 6.54 Å². The number of carbonyl (C=O) groups excluding carboxylic acids is 1. The molecule has 0 spiro atoms. The molecule has 0 aromatic heterocycles. The van der Waals surface area contributed by atoms with Crippen LogP contribution in [-0.4, -0.2) is 20.9 Å². The minimum atomic E-state index is -4.02. The third kappa shape index (κ3) is 5.26. The minimum absolute atomic E-state index is 0.0238. The van der Waals surface area contributed by atoms with E-state index in [2.05, 4.69) is 5.32 Å². The molecule has 1 amide bonds. The number of benzene rings is 3.